The number of alkyl halides is 1. The summed E-state index contributed by atoms with van der Waals surface area (Å²) in [7, 11) is 0. The average Bonchev–Trinajstić information content (AvgIpc) is 2.39. The predicted molar refractivity (Wildman–Crippen MR) is 87.4 cm³/mol. The summed E-state index contributed by atoms with van der Waals surface area (Å²) >= 11 is 6.99. The van der Waals surface area contributed by atoms with Gasteiger partial charge >= 0.3 is 0 Å². The Morgan fingerprint density at radius 1 is 1.05 bits per heavy atom. The zero-order chi connectivity index (χ0) is 13.8. The van der Waals surface area contributed by atoms with Gasteiger partial charge < -0.3 is 4.74 Å². The van der Waals surface area contributed by atoms with E-state index in [1.165, 1.54) is 5.56 Å². The molecule has 0 saturated heterocycles. The van der Waals surface area contributed by atoms with E-state index in [0.717, 1.165) is 26.9 Å². The minimum atomic E-state index is 0.441. The van der Waals surface area contributed by atoms with Crippen LogP contribution in [0.25, 0.3) is 0 Å². The number of benzene rings is 2. The van der Waals surface area contributed by atoms with Crippen molar-refractivity contribution in [3.05, 3.63) is 58.1 Å². The number of halogens is 2. The molecule has 0 saturated carbocycles. The Morgan fingerprint density at radius 2 is 1.79 bits per heavy atom. The van der Waals surface area contributed by atoms with Gasteiger partial charge in [0.15, 0.2) is 0 Å². The molecule has 0 atom stereocenters. The van der Waals surface area contributed by atoms with Gasteiger partial charge in [-0.3, -0.25) is 0 Å². The van der Waals surface area contributed by atoms with Crippen LogP contribution in [0.1, 0.15) is 30.9 Å². The molecule has 0 radical (unpaired) electrons. The molecule has 19 heavy (non-hydrogen) atoms. The topological polar surface area (TPSA) is 9.23 Å². The van der Waals surface area contributed by atoms with E-state index >= 15 is 0 Å². The van der Waals surface area contributed by atoms with Gasteiger partial charge in [-0.25, -0.2) is 0 Å². The highest BCUT2D eigenvalue weighted by Gasteiger charge is 2.10. The first-order valence-electron chi connectivity index (χ1n) is 6.23. The first-order valence-corrected chi connectivity index (χ1v) is 8.14. The van der Waals surface area contributed by atoms with Crippen LogP contribution in [0.3, 0.4) is 0 Å². The molecule has 1 nitrogen and oxygen atoms in total. The summed E-state index contributed by atoms with van der Waals surface area (Å²) in [5.74, 6) is 2.26. The Morgan fingerprint density at radius 3 is 2.47 bits per heavy atom. The lowest BCUT2D eigenvalue weighted by Crippen LogP contribution is -1.95. The number of ether oxygens (including phenoxy) is 1. The standard InChI is InChI=1S/C16H16Br2O/c1-11(2)14-5-3-4-6-15(14)19-16-9-13(18)8-7-12(16)10-17/h3-9,11H,10H2,1-2H3. The van der Waals surface area contributed by atoms with Gasteiger partial charge in [-0.15, -0.1) is 0 Å². The van der Waals surface area contributed by atoms with Gasteiger partial charge in [0.1, 0.15) is 11.5 Å². The third-order valence-electron chi connectivity index (χ3n) is 2.93. The van der Waals surface area contributed by atoms with E-state index in [2.05, 4.69) is 63.9 Å². The largest absolute Gasteiger partial charge is 0.457 e. The molecular formula is C16H16Br2O. The zero-order valence-corrected chi connectivity index (χ0v) is 14.2. The fraction of sp³-hybridized carbons (Fsp3) is 0.250. The molecule has 0 aliphatic heterocycles. The lowest BCUT2D eigenvalue weighted by atomic mass is 10.0. The van der Waals surface area contributed by atoms with Crippen molar-refractivity contribution in [2.45, 2.75) is 25.1 Å². The summed E-state index contributed by atoms with van der Waals surface area (Å²) in [6.45, 7) is 4.35. The molecule has 0 aliphatic rings. The second-order valence-corrected chi connectivity index (χ2v) is 6.16. The molecule has 2 aromatic rings. The van der Waals surface area contributed by atoms with Crippen molar-refractivity contribution in [1.82, 2.24) is 0 Å². The van der Waals surface area contributed by atoms with E-state index in [9.17, 15) is 0 Å². The maximum Gasteiger partial charge on any atom is 0.132 e. The molecule has 0 unspecified atom stereocenters. The van der Waals surface area contributed by atoms with Crippen LogP contribution in [0.5, 0.6) is 11.5 Å². The van der Waals surface area contributed by atoms with E-state index < -0.39 is 0 Å². The highest BCUT2D eigenvalue weighted by atomic mass is 79.9. The molecule has 2 aromatic carbocycles. The predicted octanol–water partition coefficient (Wildman–Crippen LogP) is 6.26. The molecular weight excluding hydrogens is 368 g/mol. The summed E-state index contributed by atoms with van der Waals surface area (Å²) in [5.41, 5.74) is 2.37. The molecule has 0 aromatic heterocycles. The fourth-order valence-corrected chi connectivity index (χ4v) is 2.71. The zero-order valence-electron chi connectivity index (χ0n) is 11.0. The van der Waals surface area contributed by atoms with E-state index in [4.69, 9.17) is 4.74 Å². The van der Waals surface area contributed by atoms with Crippen molar-refractivity contribution in [2.75, 3.05) is 0 Å². The van der Waals surface area contributed by atoms with Gasteiger partial charge in [-0.1, -0.05) is 70.0 Å². The number of para-hydroxylation sites is 1. The molecule has 0 heterocycles. The Bertz CT molecular complexity index is 564. The van der Waals surface area contributed by atoms with Crippen LogP contribution < -0.4 is 4.74 Å². The SMILES string of the molecule is CC(C)c1ccccc1Oc1cc(Br)ccc1CBr. The number of rotatable bonds is 4. The van der Waals surface area contributed by atoms with Gasteiger partial charge in [0.25, 0.3) is 0 Å². The van der Waals surface area contributed by atoms with Crippen LogP contribution in [0.4, 0.5) is 0 Å². The first kappa shape index (κ1) is 14.6. The molecule has 0 amide bonds. The van der Waals surface area contributed by atoms with Gasteiger partial charge in [0, 0.05) is 15.4 Å². The van der Waals surface area contributed by atoms with Crippen molar-refractivity contribution in [1.29, 1.82) is 0 Å². The minimum absolute atomic E-state index is 0.441. The Labute approximate surface area is 131 Å². The highest BCUT2D eigenvalue weighted by Crippen LogP contribution is 2.34. The third-order valence-corrected chi connectivity index (χ3v) is 4.03. The van der Waals surface area contributed by atoms with Crippen molar-refractivity contribution in [3.63, 3.8) is 0 Å². The van der Waals surface area contributed by atoms with Crippen molar-refractivity contribution in [3.8, 4) is 11.5 Å². The molecule has 2 rings (SSSR count). The van der Waals surface area contributed by atoms with Crippen molar-refractivity contribution < 1.29 is 4.74 Å². The summed E-state index contributed by atoms with van der Waals surface area (Å²) in [4.78, 5) is 0. The quantitative estimate of drug-likeness (QED) is 0.566. The smallest absolute Gasteiger partial charge is 0.132 e. The van der Waals surface area contributed by atoms with E-state index in [1.54, 1.807) is 0 Å². The van der Waals surface area contributed by atoms with E-state index in [0.29, 0.717) is 5.92 Å². The van der Waals surface area contributed by atoms with Gasteiger partial charge in [-0.05, 0) is 29.7 Å². The minimum Gasteiger partial charge on any atom is -0.457 e. The Hall–Kier alpha value is -0.800. The van der Waals surface area contributed by atoms with Crippen LogP contribution >= 0.6 is 31.9 Å². The van der Waals surface area contributed by atoms with Crippen LogP contribution in [0.2, 0.25) is 0 Å². The normalized spacial score (nSPS) is 10.8. The third kappa shape index (κ3) is 3.61. The molecule has 0 N–H and O–H groups in total. The lowest BCUT2D eigenvalue weighted by Gasteiger charge is -2.15. The maximum absolute atomic E-state index is 6.11. The van der Waals surface area contributed by atoms with Gasteiger partial charge in [0.2, 0.25) is 0 Å². The molecule has 100 valence electrons. The fourth-order valence-electron chi connectivity index (χ4n) is 1.90. The van der Waals surface area contributed by atoms with Gasteiger partial charge in [0.05, 0.1) is 0 Å². The summed E-state index contributed by atoms with van der Waals surface area (Å²) < 4.78 is 7.14. The Kier molecular flexibility index (Phi) is 5.06. The maximum atomic E-state index is 6.11. The summed E-state index contributed by atoms with van der Waals surface area (Å²) in [6.07, 6.45) is 0. The second-order valence-electron chi connectivity index (χ2n) is 4.68. The lowest BCUT2D eigenvalue weighted by molar-refractivity contribution is 0.469. The summed E-state index contributed by atoms with van der Waals surface area (Å²) in [5, 5.41) is 0.777. The van der Waals surface area contributed by atoms with Gasteiger partial charge in [-0.2, -0.15) is 0 Å². The van der Waals surface area contributed by atoms with Crippen LogP contribution in [0.15, 0.2) is 46.9 Å². The van der Waals surface area contributed by atoms with Crippen LogP contribution in [0, 0.1) is 0 Å². The van der Waals surface area contributed by atoms with Crippen LogP contribution in [-0.2, 0) is 5.33 Å². The molecule has 0 aliphatic carbocycles. The average molecular weight is 384 g/mol. The number of hydrogen-bond donors (Lipinski definition) is 0. The van der Waals surface area contributed by atoms with Crippen molar-refractivity contribution in [2.24, 2.45) is 0 Å². The van der Waals surface area contributed by atoms with Crippen molar-refractivity contribution >= 4 is 31.9 Å². The highest BCUT2D eigenvalue weighted by molar-refractivity contribution is 9.10. The summed E-state index contributed by atoms with van der Waals surface area (Å²) in [6, 6.07) is 14.3. The van der Waals surface area contributed by atoms with Crippen LogP contribution in [-0.4, -0.2) is 0 Å². The molecule has 3 heteroatoms. The molecule has 0 fully saturated rings. The second kappa shape index (κ2) is 6.58. The number of hydrogen-bond acceptors (Lipinski definition) is 1. The Balaban J connectivity index is 2.38. The molecule has 0 bridgehead atoms. The monoisotopic (exact) mass is 382 g/mol. The van der Waals surface area contributed by atoms with E-state index in [1.807, 2.05) is 24.3 Å². The molecule has 0 spiro atoms. The van der Waals surface area contributed by atoms with E-state index in [-0.39, 0.29) is 0 Å². The first-order chi connectivity index (χ1) is 9.11.